The molecule has 104 valence electrons. The molecule has 0 N–H and O–H groups in total. The number of halogens is 1. The minimum Gasteiger partial charge on any atom is -0.0843 e. The molecule has 2 rings (SSSR count). The number of hydrogen-bond donors (Lipinski definition) is 0. The fourth-order valence-corrected chi connectivity index (χ4v) is 2.46. The molecule has 0 nitrogen and oxygen atoms in total. The van der Waals surface area contributed by atoms with Gasteiger partial charge in [-0.1, -0.05) is 80.1 Å². The highest BCUT2D eigenvalue weighted by atomic mass is 35.5. The molecule has 0 fully saturated rings. The van der Waals surface area contributed by atoms with Crippen molar-refractivity contribution < 1.29 is 0 Å². The van der Waals surface area contributed by atoms with Crippen LogP contribution in [0.3, 0.4) is 0 Å². The number of allylic oxidation sites excluding steroid dienone is 1. The van der Waals surface area contributed by atoms with Gasteiger partial charge in [0.25, 0.3) is 0 Å². The van der Waals surface area contributed by atoms with Gasteiger partial charge < -0.3 is 0 Å². The van der Waals surface area contributed by atoms with E-state index in [-0.39, 0.29) is 0 Å². The lowest BCUT2D eigenvalue weighted by atomic mass is 9.89. The smallest absolute Gasteiger partial charge is 0.0406 e. The lowest BCUT2D eigenvalue weighted by molar-refractivity contribution is 0.551. The Kier molecular flexibility index (Phi) is 5.43. The summed E-state index contributed by atoms with van der Waals surface area (Å²) >= 11 is 5.98. The second-order valence-corrected chi connectivity index (χ2v) is 5.99. The van der Waals surface area contributed by atoms with E-state index in [1.807, 2.05) is 18.2 Å². The predicted octanol–water partition coefficient (Wildman–Crippen LogP) is 6.18. The van der Waals surface area contributed by atoms with Crippen molar-refractivity contribution in [3.63, 3.8) is 0 Å². The lowest BCUT2D eigenvalue weighted by Crippen LogP contribution is -2.00. The van der Waals surface area contributed by atoms with Gasteiger partial charge in [-0.2, -0.15) is 0 Å². The van der Waals surface area contributed by atoms with Gasteiger partial charge in [-0.15, -0.1) is 0 Å². The molecular weight excluding hydrogens is 264 g/mol. The quantitative estimate of drug-likeness (QED) is 0.615. The van der Waals surface area contributed by atoms with Crippen molar-refractivity contribution in [2.75, 3.05) is 0 Å². The summed E-state index contributed by atoms with van der Waals surface area (Å²) in [5, 5.41) is 0.795. The fourth-order valence-electron chi connectivity index (χ4n) is 2.34. The van der Waals surface area contributed by atoms with Crippen LogP contribution in [0.2, 0.25) is 5.02 Å². The number of hydrogen-bond acceptors (Lipinski definition) is 0. The highest BCUT2D eigenvalue weighted by Crippen LogP contribution is 2.27. The molecule has 0 bridgehead atoms. The second-order valence-electron chi connectivity index (χ2n) is 5.56. The fraction of sp³-hybridized carbons (Fsp3) is 0.263. The average Bonchev–Trinajstić information content (AvgIpc) is 2.45. The zero-order valence-corrected chi connectivity index (χ0v) is 12.8. The molecule has 2 aromatic rings. The Morgan fingerprint density at radius 2 is 1.60 bits per heavy atom. The largest absolute Gasteiger partial charge is 0.0843 e. The van der Waals surface area contributed by atoms with E-state index in [2.05, 4.69) is 62.4 Å². The van der Waals surface area contributed by atoms with Crippen molar-refractivity contribution >= 4 is 17.7 Å². The van der Waals surface area contributed by atoms with Crippen molar-refractivity contribution in [1.82, 2.24) is 0 Å². The van der Waals surface area contributed by atoms with Crippen LogP contribution in [0.25, 0.3) is 6.08 Å². The van der Waals surface area contributed by atoms with Crippen LogP contribution in [0.1, 0.15) is 37.3 Å². The van der Waals surface area contributed by atoms with Gasteiger partial charge in [0.2, 0.25) is 0 Å². The van der Waals surface area contributed by atoms with Gasteiger partial charge in [-0.3, -0.25) is 0 Å². The molecule has 0 heterocycles. The molecule has 0 aliphatic carbocycles. The first-order chi connectivity index (χ1) is 9.65. The van der Waals surface area contributed by atoms with E-state index >= 15 is 0 Å². The molecule has 0 spiro atoms. The first-order valence-corrected chi connectivity index (χ1v) is 7.51. The molecule has 0 saturated heterocycles. The molecular formula is C19H21Cl. The zero-order chi connectivity index (χ0) is 14.4. The van der Waals surface area contributed by atoms with E-state index in [4.69, 9.17) is 11.6 Å². The summed E-state index contributed by atoms with van der Waals surface area (Å²) in [6, 6.07) is 18.6. The Morgan fingerprint density at radius 3 is 2.20 bits per heavy atom. The van der Waals surface area contributed by atoms with Gasteiger partial charge in [0.05, 0.1) is 0 Å². The van der Waals surface area contributed by atoms with Crippen LogP contribution in [0.4, 0.5) is 0 Å². The van der Waals surface area contributed by atoms with E-state index in [9.17, 15) is 0 Å². The van der Waals surface area contributed by atoms with Crippen LogP contribution in [-0.2, 0) is 0 Å². The maximum Gasteiger partial charge on any atom is 0.0406 e. The molecule has 0 aromatic heterocycles. The van der Waals surface area contributed by atoms with E-state index in [1.165, 1.54) is 11.1 Å². The molecule has 2 aromatic carbocycles. The van der Waals surface area contributed by atoms with Crippen molar-refractivity contribution in [3.05, 3.63) is 76.8 Å². The Hall–Kier alpha value is -1.53. The van der Waals surface area contributed by atoms with Crippen molar-refractivity contribution in [3.8, 4) is 0 Å². The van der Waals surface area contributed by atoms with E-state index in [0.717, 1.165) is 11.4 Å². The topological polar surface area (TPSA) is 0 Å². The summed E-state index contributed by atoms with van der Waals surface area (Å²) in [4.78, 5) is 0. The summed E-state index contributed by atoms with van der Waals surface area (Å²) in [5.41, 5.74) is 2.57. The van der Waals surface area contributed by atoms with Gasteiger partial charge in [-0.05, 0) is 35.6 Å². The maximum absolute atomic E-state index is 5.98. The second kappa shape index (κ2) is 7.31. The number of rotatable bonds is 5. The monoisotopic (exact) mass is 284 g/mol. The SMILES string of the molecule is CC(C)C[C@H](/C=C/c1ccccc1)c1ccc(Cl)cc1. The van der Waals surface area contributed by atoms with Gasteiger partial charge in [-0.25, -0.2) is 0 Å². The van der Waals surface area contributed by atoms with Crippen molar-refractivity contribution in [2.45, 2.75) is 26.2 Å². The summed E-state index contributed by atoms with van der Waals surface area (Å²) in [7, 11) is 0. The Labute approximate surface area is 127 Å². The van der Waals surface area contributed by atoms with Crippen LogP contribution in [0.5, 0.6) is 0 Å². The first-order valence-electron chi connectivity index (χ1n) is 7.14. The Balaban J connectivity index is 2.19. The standard InChI is InChI=1S/C19H21Cl/c1-15(2)14-18(17-10-12-19(20)13-11-17)9-8-16-6-4-3-5-7-16/h3-13,15,18H,14H2,1-2H3/b9-8+/t18-/m0/s1. The third-order valence-electron chi connectivity index (χ3n) is 3.34. The summed E-state index contributed by atoms with van der Waals surface area (Å²) in [6.07, 6.45) is 5.66. The molecule has 0 unspecified atom stereocenters. The van der Waals surface area contributed by atoms with Crippen LogP contribution < -0.4 is 0 Å². The van der Waals surface area contributed by atoms with Gasteiger partial charge in [0.15, 0.2) is 0 Å². The predicted molar refractivity (Wildman–Crippen MR) is 89.1 cm³/mol. The summed E-state index contributed by atoms with van der Waals surface area (Å²) < 4.78 is 0. The van der Waals surface area contributed by atoms with Crippen molar-refractivity contribution in [1.29, 1.82) is 0 Å². The minimum atomic E-state index is 0.437. The third kappa shape index (κ3) is 4.54. The van der Waals surface area contributed by atoms with Crippen LogP contribution >= 0.6 is 11.6 Å². The Morgan fingerprint density at radius 1 is 0.950 bits per heavy atom. The molecule has 0 saturated carbocycles. The zero-order valence-electron chi connectivity index (χ0n) is 12.1. The highest BCUT2D eigenvalue weighted by molar-refractivity contribution is 6.30. The first kappa shape index (κ1) is 14.9. The number of benzene rings is 2. The van der Waals surface area contributed by atoms with Gasteiger partial charge in [0, 0.05) is 10.9 Å². The molecule has 20 heavy (non-hydrogen) atoms. The van der Waals surface area contributed by atoms with Crippen LogP contribution in [0, 0.1) is 5.92 Å². The highest BCUT2D eigenvalue weighted by Gasteiger charge is 2.10. The Bertz CT molecular complexity index is 538. The molecule has 0 aliphatic heterocycles. The van der Waals surface area contributed by atoms with Crippen molar-refractivity contribution in [2.24, 2.45) is 5.92 Å². The van der Waals surface area contributed by atoms with Gasteiger partial charge in [0.1, 0.15) is 0 Å². The molecule has 1 heteroatoms. The molecule has 0 radical (unpaired) electrons. The molecule has 1 atom stereocenters. The van der Waals surface area contributed by atoms with E-state index in [1.54, 1.807) is 0 Å². The molecule has 0 amide bonds. The maximum atomic E-state index is 5.98. The lowest BCUT2D eigenvalue weighted by Gasteiger charge is -2.16. The normalized spacial score (nSPS) is 13.0. The van der Waals surface area contributed by atoms with E-state index in [0.29, 0.717) is 11.8 Å². The summed E-state index contributed by atoms with van der Waals surface area (Å²) in [5.74, 6) is 1.10. The average molecular weight is 285 g/mol. The van der Waals surface area contributed by atoms with Crippen LogP contribution in [0.15, 0.2) is 60.7 Å². The van der Waals surface area contributed by atoms with Crippen LogP contribution in [-0.4, -0.2) is 0 Å². The summed E-state index contributed by atoms with van der Waals surface area (Å²) in [6.45, 7) is 4.53. The van der Waals surface area contributed by atoms with E-state index < -0.39 is 0 Å². The molecule has 0 aliphatic rings. The van der Waals surface area contributed by atoms with Gasteiger partial charge >= 0.3 is 0 Å². The minimum absolute atomic E-state index is 0.437. The third-order valence-corrected chi connectivity index (χ3v) is 3.60.